The predicted octanol–water partition coefficient (Wildman–Crippen LogP) is 1.97. The Kier molecular flexibility index (Phi) is 7.35. The maximum Gasteiger partial charge on any atom is 0.272 e. The summed E-state index contributed by atoms with van der Waals surface area (Å²) in [6.07, 6.45) is 0.782. The molecule has 21 heavy (non-hydrogen) atoms. The highest BCUT2D eigenvalue weighted by molar-refractivity contribution is 7.80. The summed E-state index contributed by atoms with van der Waals surface area (Å²) in [4.78, 5) is 11.9. The third-order valence-electron chi connectivity index (χ3n) is 2.55. The lowest BCUT2D eigenvalue weighted by Crippen LogP contribution is -2.48. The van der Waals surface area contributed by atoms with Gasteiger partial charge >= 0.3 is 0 Å². The zero-order valence-corrected chi connectivity index (χ0v) is 13.4. The highest BCUT2D eigenvalue weighted by Gasteiger charge is 2.14. The topological polar surface area (TPSA) is 53.6 Å². The van der Waals surface area contributed by atoms with E-state index >= 15 is 0 Å². The van der Waals surface area contributed by atoms with Crippen LogP contribution < -0.4 is 10.7 Å². The lowest BCUT2D eigenvalue weighted by atomic mass is 10.2. The SMILES string of the molecule is COCCCNC(=S)N(C)NC(=O)c1ccc(Cl)cc1F. The number of carbonyl (C=O) groups excluding carboxylic acids is 1. The summed E-state index contributed by atoms with van der Waals surface area (Å²) in [7, 11) is 3.18. The van der Waals surface area contributed by atoms with E-state index in [2.05, 4.69) is 10.7 Å². The van der Waals surface area contributed by atoms with Gasteiger partial charge in [-0.1, -0.05) is 11.6 Å². The summed E-state index contributed by atoms with van der Waals surface area (Å²) in [6.45, 7) is 1.23. The van der Waals surface area contributed by atoms with Crippen molar-refractivity contribution in [3.8, 4) is 0 Å². The average Bonchev–Trinajstić information content (AvgIpc) is 2.43. The van der Waals surface area contributed by atoms with Crippen LogP contribution in [-0.2, 0) is 4.74 Å². The molecule has 0 aliphatic carbocycles. The Hall–Kier alpha value is -1.44. The van der Waals surface area contributed by atoms with Crippen molar-refractivity contribution in [1.29, 1.82) is 0 Å². The molecule has 1 rings (SSSR count). The second kappa shape index (κ2) is 8.76. The number of ether oxygens (including phenoxy) is 1. The van der Waals surface area contributed by atoms with E-state index in [9.17, 15) is 9.18 Å². The molecule has 2 N–H and O–H groups in total. The van der Waals surface area contributed by atoms with Gasteiger partial charge in [0, 0.05) is 32.3 Å². The molecule has 8 heteroatoms. The van der Waals surface area contributed by atoms with E-state index in [4.69, 9.17) is 28.6 Å². The first kappa shape index (κ1) is 17.6. The van der Waals surface area contributed by atoms with E-state index in [-0.39, 0.29) is 10.6 Å². The highest BCUT2D eigenvalue weighted by Crippen LogP contribution is 2.14. The number of nitrogens with zero attached hydrogens (tertiary/aromatic N) is 1. The molecular formula is C13H17ClFN3O2S. The van der Waals surface area contributed by atoms with Gasteiger partial charge < -0.3 is 10.1 Å². The van der Waals surface area contributed by atoms with Gasteiger partial charge in [-0.3, -0.25) is 15.2 Å². The van der Waals surface area contributed by atoms with Crippen LogP contribution in [0.4, 0.5) is 4.39 Å². The maximum absolute atomic E-state index is 13.6. The third kappa shape index (κ3) is 5.82. The van der Waals surface area contributed by atoms with Gasteiger partial charge in [0.25, 0.3) is 5.91 Å². The third-order valence-corrected chi connectivity index (χ3v) is 3.20. The number of amides is 1. The van der Waals surface area contributed by atoms with Crippen molar-refractivity contribution < 1.29 is 13.9 Å². The number of thiocarbonyl (C=S) groups is 1. The number of methoxy groups -OCH3 is 1. The van der Waals surface area contributed by atoms with E-state index in [1.807, 2.05) is 0 Å². The summed E-state index contributed by atoms with van der Waals surface area (Å²) in [5, 5.41) is 4.82. The lowest BCUT2D eigenvalue weighted by molar-refractivity contribution is 0.0882. The first-order valence-corrected chi connectivity index (χ1v) is 7.01. The molecule has 0 radical (unpaired) electrons. The van der Waals surface area contributed by atoms with Crippen molar-refractivity contribution in [3.63, 3.8) is 0 Å². The molecule has 0 aliphatic rings. The van der Waals surface area contributed by atoms with Crippen LogP contribution in [0.25, 0.3) is 0 Å². The molecule has 0 fully saturated rings. The van der Waals surface area contributed by atoms with Gasteiger partial charge in [-0.2, -0.15) is 0 Å². The van der Waals surface area contributed by atoms with Gasteiger partial charge in [-0.25, -0.2) is 4.39 Å². The van der Waals surface area contributed by atoms with Crippen molar-refractivity contribution >= 4 is 34.8 Å². The molecule has 5 nitrogen and oxygen atoms in total. The molecule has 116 valence electrons. The van der Waals surface area contributed by atoms with Gasteiger partial charge in [0.1, 0.15) is 5.82 Å². The molecule has 1 aromatic carbocycles. The van der Waals surface area contributed by atoms with Gasteiger partial charge in [0.2, 0.25) is 0 Å². The van der Waals surface area contributed by atoms with Crippen molar-refractivity contribution in [2.45, 2.75) is 6.42 Å². The Morgan fingerprint density at radius 1 is 1.52 bits per heavy atom. The predicted molar refractivity (Wildman–Crippen MR) is 83.7 cm³/mol. The zero-order valence-electron chi connectivity index (χ0n) is 11.8. The molecule has 0 aliphatic heterocycles. The Balaban J connectivity index is 2.51. The Labute approximate surface area is 133 Å². The Morgan fingerprint density at radius 2 is 2.24 bits per heavy atom. The molecule has 0 spiro atoms. The van der Waals surface area contributed by atoms with E-state index in [1.54, 1.807) is 14.2 Å². The van der Waals surface area contributed by atoms with Crippen LogP contribution in [0.5, 0.6) is 0 Å². The van der Waals surface area contributed by atoms with Crippen LogP contribution in [0.3, 0.4) is 0 Å². The van der Waals surface area contributed by atoms with Crippen molar-refractivity contribution in [3.05, 3.63) is 34.6 Å². The molecule has 0 saturated carbocycles. The van der Waals surface area contributed by atoms with Crippen molar-refractivity contribution in [2.75, 3.05) is 27.3 Å². The summed E-state index contributed by atoms with van der Waals surface area (Å²) in [5.41, 5.74) is 2.37. The molecular weight excluding hydrogens is 317 g/mol. The van der Waals surface area contributed by atoms with Crippen molar-refractivity contribution in [2.24, 2.45) is 0 Å². The smallest absolute Gasteiger partial charge is 0.272 e. The van der Waals surface area contributed by atoms with Crippen LogP contribution >= 0.6 is 23.8 Å². The van der Waals surface area contributed by atoms with E-state index < -0.39 is 11.7 Å². The van der Waals surface area contributed by atoms with E-state index in [0.29, 0.717) is 18.3 Å². The molecule has 1 amide bonds. The summed E-state index contributed by atoms with van der Waals surface area (Å²) >= 11 is 10.7. The highest BCUT2D eigenvalue weighted by atomic mass is 35.5. The van der Waals surface area contributed by atoms with Crippen LogP contribution in [0.15, 0.2) is 18.2 Å². The van der Waals surface area contributed by atoms with E-state index in [0.717, 1.165) is 12.5 Å². The van der Waals surface area contributed by atoms with Crippen LogP contribution in [0, 0.1) is 5.82 Å². The van der Waals surface area contributed by atoms with Gasteiger partial charge in [0.05, 0.1) is 5.56 Å². The summed E-state index contributed by atoms with van der Waals surface area (Å²) in [5.74, 6) is -1.29. The number of hydrazine groups is 1. The fourth-order valence-corrected chi connectivity index (χ4v) is 1.77. The first-order chi connectivity index (χ1) is 9.95. The monoisotopic (exact) mass is 333 g/mol. The first-order valence-electron chi connectivity index (χ1n) is 6.22. The molecule has 0 aromatic heterocycles. The van der Waals surface area contributed by atoms with Gasteiger partial charge in [0.15, 0.2) is 5.11 Å². The molecule has 0 unspecified atom stereocenters. The fourth-order valence-electron chi connectivity index (χ4n) is 1.47. The quantitative estimate of drug-likeness (QED) is 0.490. The summed E-state index contributed by atoms with van der Waals surface area (Å²) in [6, 6.07) is 3.84. The van der Waals surface area contributed by atoms with Gasteiger partial charge in [-0.05, 0) is 36.8 Å². The maximum atomic E-state index is 13.6. The number of hydrogen-bond donors (Lipinski definition) is 2. The number of halogens is 2. The minimum Gasteiger partial charge on any atom is -0.385 e. The number of benzene rings is 1. The standard InChI is InChI=1S/C13H17ClFN3O2S/c1-18(13(21)16-6-3-7-20-2)17-12(19)10-5-4-9(14)8-11(10)15/h4-5,8H,3,6-7H2,1-2H3,(H,16,21)(H,17,19). The second-order valence-corrected chi connectivity index (χ2v) is 5.03. The molecule has 1 aromatic rings. The van der Waals surface area contributed by atoms with E-state index in [1.165, 1.54) is 17.1 Å². The Morgan fingerprint density at radius 3 is 2.86 bits per heavy atom. The number of carbonyl (C=O) groups is 1. The molecule has 0 bridgehead atoms. The second-order valence-electron chi connectivity index (χ2n) is 4.20. The minimum atomic E-state index is -0.688. The largest absolute Gasteiger partial charge is 0.385 e. The normalized spacial score (nSPS) is 10.1. The molecule has 0 saturated heterocycles. The average molecular weight is 334 g/mol. The van der Waals surface area contributed by atoms with Crippen molar-refractivity contribution in [1.82, 2.24) is 15.8 Å². The minimum absolute atomic E-state index is 0.103. The van der Waals surface area contributed by atoms with Gasteiger partial charge in [-0.15, -0.1) is 0 Å². The summed E-state index contributed by atoms with van der Waals surface area (Å²) < 4.78 is 18.5. The number of nitrogens with one attached hydrogen (secondary N) is 2. The van der Waals surface area contributed by atoms with Crippen LogP contribution in [-0.4, -0.2) is 43.3 Å². The van der Waals surface area contributed by atoms with Crippen LogP contribution in [0.1, 0.15) is 16.8 Å². The fraction of sp³-hybridized carbons (Fsp3) is 0.385. The number of hydrogen-bond acceptors (Lipinski definition) is 3. The van der Waals surface area contributed by atoms with Crippen LogP contribution in [0.2, 0.25) is 5.02 Å². The molecule has 0 atom stereocenters. The Bertz CT molecular complexity index is 516. The zero-order chi connectivity index (χ0) is 15.8. The molecule has 0 heterocycles. The lowest BCUT2D eigenvalue weighted by Gasteiger charge is -2.21. The number of rotatable bonds is 5.